The average molecular weight is 127 g/mol. The predicted molar refractivity (Wildman–Crippen MR) is 40.5 cm³/mol. The molecule has 1 fully saturated rings. The molecule has 1 heterocycles. The molecule has 1 nitrogen and oxygen atoms in total. The molecule has 0 unspecified atom stereocenters. The monoisotopic (exact) mass is 127 g/mol. The van der Waals surface area contributed by atoms with Crippen LogP contribution in [-0.4, -0.2) is 12.1 Å². The number of rotatable bonds is 1. The highest BCUT2D eigenvalue weighted by atomic mass is 14.9. The van der Waals surface area contributed by atoms with Crippen molar-refractivity contribution in [3.05, 3.63) is 0 Å². The highest BCUT2D eigenvalue weighted by Gasteiger charge is 2.14. The second-order valence-electron chi connectivity index (χ2n) is 3.10. The molecular formula is C8H17N. The van der Waals surface area contributed by atoms with Crippen LogP contribution in [0.1, 0.15) is 39.5 Å². The molecular weight excluding hydrogens is 110 g/mol. The summed E-state index contributed by atoms with van der Waals surface area (Å²) in [7, 11) is 0. The van der Waals surface area contributed by atoms with Gasteiger partial charge in [0.2, 0.25) is 0 Å². The van der Waals surface area contributed by atoms with E-state index >= 15 is 0 Å². The first-order valence-corrected chi connectivity index (χ1v) is 4.09. The lowest BCUT2D eigenvalue weighted by Crippen LogP contribution is -2.39. The topological polar surface area (TPSA) is 12.0 Å². The molecule has 0 aromatic rings. The van der Waals surface area contributed by atoms with E-state index in [1.54, 1.807) is 0 Å². The van der Waals surface area contributed by atoms with Gasteiger partial charge in [-0.25, -0.2) is 0 Å². The van der Waals surface area contributed by atoms with Crippen LogP contribution < -0.4 is 5.32 Å². The summed E-state index contributed by atoms with van der Waals surface area (Å²) in [6, 6.07) is 1.58. The average Bonchev–Trinajstić information content (AvgIpc) is 1.88. The molecule has 9 heavy (non-hydrogen) atoms. The second-order valence-corrected chi connectivity index (χ2v) is 3.10. The molecule has 0 amide bonds. The van der Waals surface area contributed by atoms with Gasteiger partial charge in [-0.15, -0.1) is 0 Å². The zero-order valence-corrected chi connectivity index (χ0v) is 6.48. The van der Waals surface area contributed by atoms with Crippen molar-refractivity contribution in [2.45, 2.75) is 51.6 Å². The van der Waals surface area contributed by atoms with Gasteiger partial charge in [0.05, 0.1) is 0 Å². The largest absolute Gasteiger partial charge is 0.312 e. The molecule has 54 valence electrons. The lowest BCUT2D eigenvalue weighted by atomic mass is 9.98. The van der Waals surface area contributed by atoms with Gasteiger partial charge in [-0.1, -0.05) is 13.3 Å². The second kappa shape index (κ2) is 3.21. The standard InChI is InChI=1S/C8H17N/c1-3-8-6-4-5-7(2)9-8/h7-9H,3-6H2,1-2H3/t7-,8-/m0/s1. The van der Waals surface area contributed by atoms with Gasteiger partial charge >= 0.3 is 0 Å². The summed E-state index contributed by atoms with van der Waals surface area (Å²) >= 11 is 0. The maximum atomic E-state index is 3.57. The van der Waals surface area contributed by atoms with Crippen LogP contribution in [0.4, 0.5) is 0 Å². The van der Waals surface area contributed by atoms with Crippen molar-refractivity contribution in [1.82, 2.24) is 5.32 Å². The summed E-state index contributed by atoms with van der Waals surface area (Å²) in [5, 5.41) is 3.57. The molecule has 1 aliphatic heterocycles. The zero-order chi connectivity index (χ0) is 6.69. The third-order valence-corrected chi connectivity index (χ3v) is 2.20. The van der Waals surface area contributed by atoms with E-state index < -0.39 is 0 Å². The van der Waals surface area contributed by atoms with Crippen molar-refractivity contribution in [2.24, 2.45) is 0 Å². The number of piperidine rings is 1. The molecule has 1 saturated heterocycles. The minimum atomic E-state index is 0.767. The van der Waals surface area contributed by atoms with Gasteiger partial charge in [-0.05, 0) is 26.2 Å². The quantitative estimate of drug-likeness (QED) is 0.567. The Bertz CT molecular complexity index is 80.6. The number of hydrogen-bond donors (Lipinski definition) is 1. The van der Waals surface area contributed by atoms with E-state index in [2.05, 4.69) is 19.2 Å². The molecule has 2 atom stereocenters. The molecule has 0 radical (unpaired) electrons. The van der Waals surface area contributed by atoms with Crippen molar-refractivity contribution in [3.63, 3.8) is 0 Å². The normalized spacial score (nSPS) is 36.7. The summed E-state index contributed by atoms with van der Waals surface area (Å²) in [5.41, 5.74) is 0. The van der Waals surface area contributed by atoms with Crippen LogP contribution >= 0.6 is 0 Å². The highest BCUT2D eigenvalue weighted by molar-refractivity contribution is 4.75. The Hall–Kier alpha value is -0.0400. The van der Waals surface area contributed by atoms with Crippen molar-refractivity contribution < 1.29 is 0 Å². The Morgan fingerprint density at radius 2 is 2.22 bits per heavy atom. The Morgan fingerprint density at radius 3 is 2.67 bits per heavy atom. The van der Waals surface area contributed by atoms with Gasteiger partial charge in [0, 0.05) is 12.1 Å². The van der Waals surface area contributed by atoms with Crippen LogP contribution in [0.3, 0.4) is 0 Å². The zero-order valence-electron chi connectivity index (χ0n) is 6.48. The molecule has 0 aromatic carbocycles. The molecule has 0 aliphatic carbocycles. The van der Waals surface area contributed by atoms with Crippen LogP contribution in [0.15, 0.2) is 0 Å². The fourth-order valence-corrected chi connectivity index (χ4v) is 1.56. The molecule has 0 aromatic heterocycles. The smallest absolute Gasteiger partial charge is 0.00669 e. The first-order chi connectivity index (χ1) is 4.33. The van der Waals surface area contributed by atoms with E-state index in [9.17, 15) is 0 Å². The Balaban J connectivity index is 2.23. The minimum Gasteiger partial charge on any atom is -0.312 e. The van der Waals surface area contributed by atoms with Crippen molar-refractivity contribution >= 4 is 0 Å². The molecule has 0 spiro atoms. The molecule has 1 heteroatoms. The van der Waals surface area contributed by atoms with E-state index in [4.69, 9.17) is 0 Å². The van der Waals surface area contributed by atoms with Crippen molar-refractivity contribution in [3.8, 4) is 0 Å². The van der Waals surface area contributed by atoms with E-state index in [1.165, 1.54) is 25.7 Å². The molecule has 1 N–H and O–H groups in total. The summed E-state index contributed by atoms with van der Waals surface area (Å²) in [6.45, 7) is 4.54. The van der Waals surface area contributed by atoms with E-state index in [0.717, 1.165) is 12.1 Å². The van der Waals surface area contributed by atoms with Gasteiger partial charge in [-0.2, -0.15) is 0 Å². The van der Waals surface area contributed by atoms with Gasteiger partial charge in [0.1, 0.15) is 0 Å². The Kier molecular flexibility index (Phi) is 2.52. The van der Waals surface area contributed by atoms with E-state index in [1.807, 2.05) is 0 Å². The fourth-order valence-electron chi connectivity index (χ4n) is 1.56. The summed E-state index contributed by atoms with van der Waals surface area (Å²) < 4.78 is 0. The van der Waals surface area contributed by atoms with Crippen molar-refractivity contribution in [2.75, 3.05) is 0 Å². The van der Waals surface area contributed by atoms with E-state index in [0.29, 0.717) is 0 Å². The van der Waals surface area contributed by atoms with Crippen molar-refractivity contribution in [1.29, 1.82) is 0 Å². The number of hydrogen-bond acceptors (Lipinski definition) is 1. The third-order valence-electron chi connectivity index (χ3n) is 2.20. The first-order valence-electron chi connectivity index (χ1n) is 4.09. The van der Waals surface area contributed by atoms with Gasteiger partial charge in [0.25, 0.3) is 0 Å². The van der Waals surface area contributed by atoms with Crippen LogP contribution in [0.5, 0.6) is 0 Å². The molecule has 1 aliphatic rings. The summed E-state index contributed by atoms with van der Waals surface area (Å²) in [4.78, 5) is 0. The number of nitrogens with one attached hydrogen (secondary N) is 1. The Labute approximate surface area is 57.8 Å². The lowest BCUT2D eigenvalue weighted by Gasteiger charge is -2.27. The van der Waals surface area contributed by atoms with Gasteiger partial charge in [0.15, 0.2) is 0 Å². The molecule has 0 bridgehead atoms. The fraction of sp³-hybridized carbons (Fsp3) is 1.00. The molecule has 0 saturated carbocycles. The highest BCUT2D eigenvalue weighted by Crippen LogP contribution is 2.13. The maximum absolute atomic E-state index is 3.57. The maximum Gasteiger partial charge on any atom is 0.00669 e. The summed E-state index contributed by atoms with van der Waals surface area (Å²) in [5.74, 6) is 0. The lowest BCUT2D eigenvalue weighted by molar-refractivity contribution is 0.329. The molecule has 1 rings (SSSR count). The first kappa shape index (κ1) is 7.07. The third kappa shape index (κ3) is 1.98. The minimum absolute atomic E-state index is 0.767. The van der Waals surface area contributed by atoms with E-state index in [-0.39, 0.29) is 0 Å². The van der Waals surface area contributed by atoms with Gasteiger partial charge < -0.3 is 5.32 Å². The SMILES string of the molecule is CC[C@H]1CCC[C@H](C)N1. The Morgan fingerprint density at radius 1 is 1.44 bits per heavy atom. The van der Waals surface area contributed by atoms with Crippen LogP contribution in [0.25, 0.3) is 0 Å². The summed E-state index contributed by atoms with van der Waals surface area (Å²) in [6.07, 6.45) is 5.48. The predicted octanol–water partition coefficient (Wildman–Crippen LogP) is 1.93. The van der Waals surface area contributed by atoms with Crippen LogP contribution in [-0.2, 0) is 0 Å². The van der Waals surface area contributed by atoms with Crippen LogP contribution in [0, 0.1) is 0 Å². The van der Waals surface area contributed by atoms with Gasteiger partial charge in [-0.3, -0.25) is 0 Å². The van der Waals surface area contributed by atoms with Crippen LogP contribution in [0.2, 0.25) is 0 Å².